The third-order valence-corrected chi connectivity index (χ3v) is 4.67. The summed E-state index contributed by atoms with van der Waals surface area (Å²) in [5.74, 6) is -0.620. The van der Waals surface area contributed by atoms with Gasteiger partial charge < -0.3 is 19.3 Å². The molecule has 0 aliphatic carbocycles. The number of rotatable bonds is 2. The SMILES string of the molecule is COc1c(C)c2c(c(C)c1Cl)C(=O)Oc1cc(C)c(C=O)c(O)c1O2. The maximum absolute atomic E-state index is 12.6. The molecule has 7 heteroatoms. The number of carbonyl (C=O) groups is 2. The second-order valence-corrected chi connectivity index (χ2v) is 6.07. The first-order chi connectivity index (χ1) is 11.8. The minimum absolute atomic E-state index is 0.0238. The third kappa shape index (κ3) is 2.41. The standard InChI is InChI=1S/C18H15ClO6/c1-7-5-11-17(14(21)10(7)6-20)25-15-9(3)16(23-4)13(19)8(2)12(15)18(22)24-11/h5-6,21H,1-4H3. The van der Waals surface area contributed by atoms with Gasteiger partial charge in [-0.1, -0.05) is 11.6 Å². The molecule has 0 spiro atoms. The molecule has 1 aliphatic rings. The lowest BCUT2D eigenvalue weighted by atomic mass is 10.0. The summed E-state index contributed by atoms with van der Waals surface area (Å²) in [5, 5.41) is 10.7. The maximum atomic E-state index is 12.6. The molecule has 1 aliphatic heterocycles. The van der Waals surface area contributed by atoms with Crippen molar-refractivity contribution in [1.29, 1.82) is 0 Å². The number of fused-ring (bicyclic) bond motifs is 2. The quantitative estimate of drug-likeness (QED) is 0.491. The molecule has 1 N–H and O–H groups in total. The fourth-order valence-corrected chi connectivity index (χ4v) is 3.18. The number of hydrogen-bond donors (Lipinski definition) is 1. The lowest BCUT2D eigenvalue weighted by Crippen LogP contribution is -2.11. The van der Waals surface area contributed by atoms with Crippen molar-refractivity contribution >= 4 is 23.9 Å². The Balaban J connectivity index is 2.36. The van der Waals surface area contributed by atoms with Crippen LogP contribution in [0.2, 0.25) is 5.02 Å². The van der Waals surface area contributed by atoms with E-state index in [0.717, 1.165) is 0 Å². The Kier molecular flexibility index (Phi) is 4.08. The monoisotopic (exact) mass is 362 g/mol. The van der Waals surface area contributed by atoms with Crippen molar-refractivity contribution in [2.24, 2.45) is 0 Å². The summed E-state index contributed by atoms with van der Waals surface area (Å²) < 4.78 is 16.5. The normalized spacial score (nSPS) is 12.4. The van der Waals surface area contributed by atoms with E-state index in [4.69, 9.17) is 25.8 Å². The molecule has 1 heterocycles. The Bertz CT molecular complexity index is 932. The van der Waals surface area contributed by atoms with Gasteiger partial charge in [-0.2, -0.15) is 0 Å². The van der Waals surface area contributed by atoms with Crippen LogP contribution in [-0.4, -0.2) is 24.5 Å². The van der Waals surface area contributed by atoms with Crippen LogP contribution in [0.4, 0.5) is 0 Å². The molecule has 0 amide bonds. The van der Waals surface area contributed by atoms with Crippen molar-refractivity contribution in [3.05, 3.63) is 38.9 Å². The number of aryl methyl sites for hydroxylation is 1. The lowest BCUT2D eigenvalue weighted by molar-refractivity contribution is 0.0736. The predicted octanol–water partition coefficient (Wildman–Crippen LogP) is 4.12. The number of methoxy groups -OCH3 is 1. The number of carbonyl (C=O) groups excluding carboxylic acids is 2. The molecule has 3 rings (SSSR count). The molecular weight excluding hydrogens is 348 g/mol. The van der Waals surface area contributed by atoms with Gasteiger partial charge in [-0.05, 0) is 38.0 Å². The number of hydrogen-bond acceptors (Lipinski definition) is 6. The molecule has 2 aromatic carbocycles. The number of aldehydes is 1. The van der Waals surface area contributed by atoms with Gasteiger partial charge >= 0.3 is 5.97 Å². The van der Waals surface area contributed by atoms with Crippen LogP contribution in [-0.2, 0) is 0 Å². The fraction of sp³-hybridized carbons (Fsp3) is 0.222. The number of aromatic hydroxyl groups is 1. The van der Waals surface area contributed by atoms with Gasteiger partial charge in [-0.15, -0.1) is 0 Å². The lowest BCUT2D eigenvalue weighted by Gasteiger charge is -2.17. The van der Waals surface area contributed by atoms with Crippen LogP contribution in [0.25, 0.3) is 0 Å². The first-order valence-corrected chi connectivity index (χ1v) is 7.78. The van der Waals surface area contributed by atoms with E-state index < -0.39 is 11.7 Å². The van der Waals surface area contributed by atoms with Crippen LogP contribution in [0.1, 0.15) is 37.4 Å². The summed E-state index contributed by atoms with van der Waals surface area (Å²) >= 11 is 6.29. The second kappa shape index (κ2) is 5.97. The van der Waals surface area contributed by atoms with E-state index in [1.54, 1.807) is 20.8 Å². The Morgan fingerprint density at radius 3 is 2.44 bits per heavy atom. The summed E-state index contributed by atoms with van der Waals surface area (Å²) in [6.07, 6.45) is 0.516. The largest absolute Gasteiger partial charge is 0.504 e. The van der Waals surface area contributed by atoms with Gasteiger partial charge in [0.25, 0.3) is 0 Å². The number of ether oxygens (including phenoxy) is 3. The molecule has 0 saturated heterocycles. The average molecular weight is 363 g/mol. The van der Waals surface area contributed by atoms with Crippen LogP contribution in [0.15, 0.2) is 6.07 Å². The fourth-order valence-electron chi connectivity index (χ4n) is 2.86. The number of phenols is 1. The summed E-state index contributed by atoms with van der Waals surface area (Å²) in [6.45, 7) is 4.94. The van der Waals surface area contributed by atoms with Gasteiger partial charge in [-0.3, -0.25) is 4.79 Å². The highest BCUT2D eigenvalue weighted by Crippen LogP contribution is 2.50. The van der Waals surface area contributed by atoms with Crippen LogP contribution in [0.5, 0.6) is 28.7 Å². The van der Waals surface area contributed by atoms with Crippen molar-refractivity contribution in [3.63, 3.8) is 0 Å². The van der Waals surface area contributed by atoms with Crippen LogP contribution in [0, 0.1) is 20.8 Å². The summed E-state index contributed by atoms with van der Waals surface area (Å²) in [4.78, 5) is 23.9. The maximum Gasteiger partial charge on any atom is 0.347 e. The number of benzene rings is 2. The molecule has 0 fully saturated rings. The molecule has 0 radical (unpaired) electrons. The zero-order valence-electron chi connectivity index (χ0n) is 14.0. The van der Waals surface area contributed by atoms with Crippen molar-refractivity contribution in [2.75, 3.05) is 7.11 Å². The zero-order chi connectivity index (χ0) is 18.5. The van der Waals surface area contributed by atoms with Crippen LogP contribution in [0.3, 0.4) is 0 Å². The molecule has 0 atom stereocenters. The van der Waals surface area contributed by atoms with Crippen LogP contribution >= 0.6 is 11.6 Å². The predicted molar refractivity (Wildman–Crippen MR) is 90.7 cm³/mol. The smallest absolute Gasteiger partial charge is 0.347 e. The molecule has 130 valence electrons. The van der Waals surface area contributed by atoms with E-state index >= 15 is 0 Å². The van der Waals surface area contributed by atoms with Gasteiger partial charge in [0.2, 0.25) is 5.75 Å². The van der Waals surface area contributed by atoms with Crippen LogP contribution < -0.4 is 14.2 Å². The van der Waals surface area contributed by atoms with E-state index in [0.29, 0.717) is 28.7 Å². The molecular formula is C18H15ClO6. The average Bonchev–Trinajstić information content (AvgIpc) is 2.70. The summed E-state index contributed by atoms with van der Waals surface area (Å²) in [7, 11) is 1.45. The van der Waals surface area contributed by atoms with E-state index in [2.05, 4.69) is 0 Å². The zero-order valence-corrected chi connectivity index (χ0v) is 14.8. The Morgan fingerprint density at radius 2 is 1.84 bits per heavy atom. The molecule has 6 nitrogen and oxygen atoms in total. The summed E-state index contributed by atoms with van der Waals surface area (Å²) in [6, 6.07) is 1.46. The van der Waals surface area contributed by atoms with E-state index in [9.17, 15) is 14.7 Å². The van der Waals surface area contributed by atoms with Crippen molar-refractivity contribution in [1.82, 2.24) is 0 Å². The summed E-state index contributed by atoms with van der Waals surface area (Å²) in [5.41, 5.74) is 1.57. The minimum Gasteiger partial charge on any atom is -0.504 e. The molecule has 2 aromatic rings. The Morgan fingerprint density at radius 1 is 1.16 bits per heavy atom. The minimum atomic E-state index is -0.670. The van der Waals surface area contributed by atoms with E-state index in [1.165, 1.54) is 13.2 Å². The Labute approximate surface area is 148 Å². The van der Waals surface area contributed by atoms with Gasteiger partial charge in [-0.25, -0.2) is 4.79 Å². The third-order valence-electron chi connectivity index (χ3n) is 4.21. The Hall–Kier alpha value is -2.73. The number of esters is 1. The van der Waals surface area contributed by atoms with Gasteiger partial charge in [0.1, 0.15) is 17.1 Å². The number of phenolic OH excluding ortho intramolecular Hbond substituents is 1. The molecule has 0 bridgehead atoms. The van der Waals surface area contributed by atoms with Crippen molar-refractivity contribution in [3.8, 4) is 28.7 Å². The highest BCUT2D eigenvalue weighted by Gasteiger charge is 2.33. The molecule has 0 aromatic heterocycles. The van der Waals surface area contributed by atoms with E-state index in [-0.39, 0.29) is 33.4 Å². The highest BCUT2D eigenvalue weighted by molar-refractivity contribution is 6.33. The topological polar surface area (TPSA) is 82.1 Å². The van der Waals surface area contributed by atoms with Gasteiger partial charge in [0.05, 0.1) is 17.7 Å². The van der Waals surface area contributed by atoms with E-state index in [1.807, 2.05) is 0 Å². The van der Waals surface area contributed by atoms with Crippen molar-refractivity contribution < 1.29 is 28.9 Å². The van der Waals surface area contributed by atoms with Gasteiger partial charge in [0.15, 0.2) is 17.8 Å². The first kappa shape index (κ1) is 17.1. The highest BCUT2D eigenvalue weighted by atomic mass is 35.5. The molecule has 0 saturated carbocycles. The van der Waals surface area contributed by atoms with Gasteiger partial charge in [0, 0.05) is 5.56 Å². The molecule has 0 unspecified atom stereocenters. The first-order valence-electron chi connectivity index (χ1n) is 7.40. The second-order valence-electron chi connectivity index (χ2n) is 5.69. The number of halogens is 1. The van der Waals surface area contributed by atoms with Crippen molar-refractivity contribution in [2.45, 2.75) is 20.8 Å². The molecule has 25 heavy (non-hydrogen) atoms.